The second-order valence-electron chi connectivity index (χ2n) is 7.46. The molecular formula is C20H25F3N2O3. The number of carbonyl (C=O) groups is 2. The highest BCUT2D eigenvalue weighted by Crippen LogP contribution is 2.36. The highest BCUT2D eigenvalue weighted by atomic mass is 19.4. The van der Waals surface area contributed by atoms with Gasteiger partial charge in [-0.1, -0.05) is 12.1 Å². The van der Waals surface area contributed by atoms with Crippen LogP contribution in [0.2, 0.25) is 0 Å². The van der Waals surface area contributed by atoms with Crippen molar-refractivity contribution in [1.29, 1.82) is 0 Å². The second kappa shape index (κ2) is 8.94. The summed E-state index contributed by atoms with van der Waals surface area (Å²) in [6, 6.07) is 4.95. The van der Waals surface area contributed by atoms with Crippen LogP contribution in [0.5, 0.6) is 0 Å². The Morgan fingerprint density at radius 1 is 1.00 bits per heavy atom. The van der Waals surface area contributed by atoms with Crippen molar-refractivity contribution < 1.29 is 27.5 Å². The number of carbonyl (C=O) groups excluding carboxylic acids is 2. The van der Waals surface area contributed by atoms with Gasteiger partial charge < -0.3 is 15.4 Å². The maximum absolute atomic E-state index is 13.1. The monoisotopic (exact) mass is 398 g/mol. The summed E-state index contributed by atoms with van der Waals surface area (Å²) in [4.78, 5) is 24.7. The predicted octanol–water partition coefficient (Wildman–Crippen LogP) is 3.75. The van der Waals surface area contributed by atoms with Crippen LogP contribution in [0.4, 0.5) is 18.9 Å². The van der Waals surface area contributed by atoms with Crippen LogP contribution in [0.3, 0.4) is 0 Å². The molecule has 2 fully saturated rings. The van der Waals surface area contributed by atoms with Gasteiger partial charge in [0.25, 0.3) is 0 Å². The lowest BCUT2D eigenvalue weighted by Crippen LogP contribution is -2.38. The highest BCUT2D eigenvalue weighted by molar-refractivity contribution is 5.93. The minimum Gasteiger partial charge on any atom is -0.376 e. The van der Waals surface area contributed by atoms with E-state index in [1.807, 2.05) is 0 Å². The lowest BCUT2D eigenvalue weighted by Gasteiger charge is -2.27. The molecule has 1 aliphatic heterocycles. The van der Waals surface area contributed by atoms with Crippen molar-refractivity contribution >= 4 is 17.5 Å². The summed E-state index contributed by atoms with van der Waals surface area (Å²) in [6.45, 7) is 1.24. The average Bonchev–Trinajstić information content (AvgIpc) is 3.19. The Balaban J connectivity index is 1.48. The zero-order chi connectivity index (χ0) is 20.1. The Hall–Kier alpha value is -2.09. The molecule has 1 saturated heterocycles. The molecule has 154 valence electrons. The van der Waals surface area contributed by atoms with E-state index in [0.717, 1.165) is 25.5 Å². The smallest absolute Gasteiger partial charge is 0.376 e. The third-order valence-electron chi connectivity index (χ3n) is 5.49. The van der Waals surface area contributed by atoms with Crippen molar-refractivity contribution in [2.75, 3.05) is 18.5 Å². The number of anilines is 1. The van der Waals surface area contributed by atoms with Crippen LogP contribution in [0.15, 0.2) is 24.3 Å². The molecule has 1 aromatic carbocycles. The van der Waals surface area contributed by atoms with Crippen molar-refractivity contribution in [3.63, 3.8) is 0 Å². The molecule has 1 unspecified atom stereocenters. The Kier molecular flexibility index (Phi) is 6.59. The molecule has 2 aliphatic rings. The van der Waals surface area contributed by atoms with Crippen molar-refractivity contribution in [3.8, 4) is 0 Å². The molecule has 0 spiro atoms. The molecule has 1 aliphatic carbocycles. The van der Waals surface area contributed by atoms with Gasteiger partial charge in [-0.25, -0.2) is 0 Å². The van der Waals surface area contributed by atoms with Gasteiger partial charge in [-0.2, -0.15) is 13.2 Å². The van der Waals surface area contributed by atoms with Crippen molar-refractivity contribution in [1.82, 2.24) is 5.32 Å². The lowest BCUT2D eigenvalue weighted by molar-refractivity contribution is -0.137. The Labute approximate surface area is 162 Å². The molecule has 0 aromatic heterocycles. The molecule has 2 N–H and O–H groups in total. The van der Waals surface area contributed by atoms with Gasteiger partial charge in [0.15, 0.2) is 0 Å². The van der Waals surface area contributed by atoms with Gasteiger partial charge in [0.2, 0.25) is 11.8 Å². The van der Waals surface area contributed by atoms with Crippen molar-refractivity contribution in [2.45, 2.75) is 50.8 Å². The minimum atomic E-state index is -4.53. The molecule has 0 bridgehead atoms. The normalized spacial score (nSPS) is 25.3. The number of nitrogens with one attached hydrogen (secondary N) is 2. The SMILES string of the molecule is O=C(NCC1CCCO1)C1CCC(C(=O)Nc2ccccc2C(F)(F)F)CC1. The number of benzene rings is 1. The number of hydrogen-bond acceptors (Lipinski definition) is 3. The van der Waals surface area contributed by atoms with Gasteiger partial charge in [0.05, 0.1) is 17.4 Å². The van der Waals surface area contributed by atoms with E-state index in [1.165, 1.54) is 18.2 Å². The van der Waals surface area contributed by atoms with E-state index in [1.54, 1.807) is 0 Å². The number of para-hydroxylation sites is 1. The van der Waals surface area contributed by atoms with Crippen LogP contribution in [0, 0.1) is 11.8 Å². The predicted molar refractivity (Wildman–Crippen MR) is 97.5 cm³/mol. The summed E-state index contributed by atoms with van der Waals surface area (Å²) in [5.41, 5.74) is -1.08. The first-order valence-corrected chi connectivity index (χ1v) is 9.71. The summed E-state index contributed by atoms with van der Waals surface area (Å²) < 4.78 is 44.7. The van der Waals surface area contributed by atoms with E-state index in [4.69, 9.17) is 4.74 Å². The van der Waals surface area contributed by atoms with E-state index in [2.05, 4.69) is 10.6 Å². The second-order valence-corrected chi connectivity index (χ2v) is 7.46. The number of hydrogen-bond donors (Lipinski definition) is 2. The molecule has 3 rings (SSSR count). The number of alkyl halides is 3. The minimum absolute atomic E-state index is 0.0308. The molecule has 1 saturated carbocycles. The number of rotatable bonds is 5. The lowest BCUT2D eigenvalue weighted by atomic mass is 9.81. The zero-order valence-corrected chi connectivity index (χ0v) is 15.6. The van der Waals surface area contributed by atoms with Crippen molar-refractivity contribution in [2.24, 2.45) is 11.8 Å². The Morgan fingerprint density at radius 3 is 2.25 bits per heavy atom. The van der Waals surface area contributed by atoms with Crippen LogP contribution in [-0.2, 0) is 20.5 Å². The standard InChI is InChI=1S/C20H25F3N2O3/c21-20(22,23)16-5-1-2-6-17(16)25-19(27)14-9-7-13(8-10-14)18(26)24-12-15-4-3-11-28-15/h1-2,5-6,13-15H,3-4,7-12H2,(H,24,26)(H,25,27). The highest BCUT2D eigenvalue weighted by Gasteiger charge is 2.35. The van der Waals surface area contributed by atoms with Crippen LogP contribution >= 0.6 is 0 Å². The first-order valence-electron chi connectivity index (χ1n) is 9.71. The number of amides is 2. The molecule has 28 heavy (non-hydrogen) atoms. The van der Waals surface area contributed by atoms with Crippen LogP contribution in [-0.4, -0.2) is 31.1 Å². The van der Waals surface area contributed by atoms with Gasteiger partial charge in [0.1, 0.15) is 0 Å². The van der Waals surface area contributed by atoms with Gasteiger partial charge in [-0.3, -0.25) is 9.59 Å². The van der Waals surface area contributed by atoms with Gasteiger partial charge in [0, 0.05) is 25.0 Å². The largest absolute Gasteiger partial charge is 0.418 e. The molecule has 0 radical (unpaired) electrons. The van der Waals surface area contributed by atoms with Gasteiger partial charge in [-0.05, 0) is 50.7 Å². The summed E-state index contributed by atoms with van der Waals surface area (Å²) in [5, 5.41) is 5.33. The zero-order valence-electron chi connectivity index (χ0n) is 15.6. The quantitative estimate of drug-likeness (QED) is 0.794. The van der Waals surface area contributed by atoms with Gasteiger partial charge >= 0.3 is 6.18 Å². The van der Waals surface area contributed by atoms with Crippen LogP contribution in [0.1, 0.15) is 44.1 Å². The molecule has 2 amide bonds. The number of ether oxygens (including phenoxy) is 1. The van der Waals surface area contributed by atoms with Gasteiger partial charge in [-0.15, -0.1) is 0 Å². The van der Waals surface area contributed by atoms with E-state index in [-0.39, 0.29) is 29.5 Å². The van der Waals surface area contributed by atoms with E-state index >= 15 is 0 Å². The molecule has 1 atom stereocenters. The Morgan fingerprint density at radius 2 is 1.64 bits per heavy atom. The summed E-state index contributed by atoms with van der Waals surface area (Å²) in [5.74, 6) is -0.997. The van der Waals surface area contributed by atoms with Crippen LogP contribution < -0.4 is 10.6 Å². The summed E-state index contributed by atoms with van der Waals surface area (Å²) in [6.07, 6.45) is -0.407. The third kappa shape index (κ3) is 5.25. The summed E-state index contributed by atoms with van der Waals surface area (Å²) in [7, 11) is 0. The molecule has 1 aromatic rings. The average molecular weight is 398 g/mol. The fraction of sp³-hybridized carbons (Fsp3) is 0.600. The topological polar surface area (TPSA) is 67.4 Å². The first kappa shape index (κ1) is 20.6. The fourth-order valence-corrected chi connectivity index (χ4v) is 3.86. The maximum Gasteiger partial charge on any atom is 0.418 e. The molecule has 8 heteroatoms. The number of halogens is 3. The van der Waals surface area contributed by atoms with E-state index < -0.39 is 17.6 Å². The molecular weight excluding hydrogens is 373 g/mol. The first-order chi connectivity index (χ1) is 13.3. The van der Waals surface area contributed by atoms with Crippen LogP contribution in [0.25, 0.3) is 0 Å². The van der Waals surface area contributed by atoms with E-state index in [9.17, 15) is 22.8 Å². The third-order valence-corrected chi connectivity index (χ3v) is 5.49. The van der Waals surface area contributed by atoms with E-state index in [0.29, 0.717) is 32.2 Å². The fourth-order valence-electron chi connectivity index (χ4n) is 3.86. The molecule has 1 heterocycles. The maximum atomic E-state index is 13.1. The molecule has 5 nitrogen and oxygen atoms in total. The van der Waals surface area contributed by atoms with Crippen molar-refractivity contribution in [3.05, 3.63) is 29.8 Å². The Bertz CT molecular complexity index is 694. The summed E-state index contributed by atoms with van der Waals surface area (Å²) >= 11 is 0.